The predicted molar refractivity (Wildman–Crippen MR) is 72.2 cm³/mol. The fraction of sp³-hybridized carbons (Fsp3) is 0.533. The minimum Gasteiger partial charge on any atom is -0.489 e. The SMILES string of the molecule is CCCN1CCCC(Oc2ccc(C=O)cc2)C1. The van der Waals surface area contributed by atoms with Gasteiger partial charge in [0.15, 0.2) is 0 Å². The van der Waals surface area contributed by atoms with E-state index < -0.39 is 0 Å². The Morgan fingerprint density at radius 1 is 1.39 bits per heavy atom. The van der Waals surface area contributed by atoms with Crippen LogP contribution in [0.3, 0.4) is 0 Å². The highest BCUT2D eigenvalue weighted by molar-refractivity contribution is 5.74. The summed E-state index contributed by atoms with van der Waals surface area (Å²) in [6, 6.07) is 7.36. The molecule has 0 radical (unpaired) electrons. The van der Waals surface area contributed by atoms with Crippen molar-refractivity contribution in [1.29, 1.82) is 0 Å². The van der Waals surface area contributed by atoms with Gasteiger partial charge in [0.1, 0.15) is 18.1 Å². The average molecular weight is 247 g/mol. The number of carbonyl (C=O) groups is 1. The highest BCUT2D eigenvalue weighted by Gasteiger charge is 2.20. The molecule has 1 saturated heterocycles. The molecule has 1 heterocycles. The number of ether oxygens (including phenoxy) is 1. The highest BCUT2D eigenvalue weighted by Crippen LogP contribution is 2.18. The summed E-state index contributed by atoms with van der Waals surface area (Å²) in [6.45, 7) is 5.58. The van der Waals surface area contributed by atoms with E-state index in [1.54, 1.807) is 12.1 Å². The van der Waals surface area contributed by atoms with E-state index in [1.165, 1.54) is 19.4 Å². The maximum Gasteiger partial charge on any atom is 0.150 e. The van der Waals surface area contributed by atoms with Crippen molar-refractivity contribution in [2.75, 3.05) is 19.6 Å². The van der Waals surface area contributed by atoms with Crippen LogP contribution in [0.4, 0.5) is 0 Å². The van der Waals surface area contributed by atoms with Gasteiger partial charge in [0, 0.05) is 12.1 Å². The molecule has 1 atom stereocenters. The standard InChI is InChI=1S/C15H21NO2/c1-2-9-16-10-3-4-15(11-16)18-14-7-5-13(12-17)6-8-14/h5-8,12,15H,2-4,9-11H2,1H3. The van der Waals surface area contributed by atoms with Crippen molar-refractivity contribution in [2.45, 2.75) is 32.3 Å². The Kier molecular flexibility index (Phi) is 4.76. The number of carbonyl (C=O) groups excluding carboxylic acids is 1. The Labute approximate surface area is 109 Å². The zero-order chi connectivity index (χ0) is 12.8. The minimum atomic E-state index is 0.285. The van der Waals surface area contributed by atoms with Gasteiger partial charge in [-0.15, -0.1) is 0 Å². The summed E-state index contributed by atoms with van der Waals surface area (Å²) < 4.78 is 5.97. The number of benzene rings is 1. The topological polar surface area (TPSA) is 29.5 Å². The molecule has 0 aliphatic carbocycles. The molecule has 18 heavy (non-hydrogen) atoms. The van der Waals surface area contributed by atoms with E-state index in [0.717, 1.165) is 31.5 Å². The third kappa shape index (κ3) is 3.57. The molecule has 98 valence electrons. The van der Waals surface area contributed by atoms with Gasteiger partial charge < -0.3 is 4.74 Å². The lowest BCUT2D eigenvalue weighted by molar-refractivity contribution is 0.0887. The molecule has 3 nitrogen and oxygen atoms in total. The molecule has 1 aromatic carbocycles. The van der Waals surface area contributed by atoms with Crippen molar-refractivity contribution in [3.63, 3.8) is 0 Å². The molecule has 1 aromatic rings. The van der Waals surface area contributed by atoms with E-state index in [0.29, 0.717) is 5.56 Å². The van der Waals surface area contributed by atoms with E-state index in [2.05, 4.69) is 11.8 Å². The summed E-state index contributed by atoms with van der Waals surface area (Å²) in [5, 5.41) is 0. The van der Waals surface area contributed by atoms with Gasteiger partial charge in [-0.05, 0) is 56.6 Å². The van der Waals surface area contributed by atoms with Crippen molar-refractivity contribution in [3.05, 3.63) is 29.8 Å². The predicted octanol–water partition coefficient (Wildman–Crippen LogP) is 2.75. The van der Waals surface area contributed by atoms with Crippen LogP contribution in [0.25, 0.3) is 0 Å². The van der Waals surface area contributed by atoms with Crippen LogP contribution >= 0.6 is 0 Å². The summed E-state index contributed by atoms with van der Waals surface area (Å²) in [7, 11) is 0. The number of hydrogen-bond acceptors (Lipinski definition) is 3. The summed E-state index contributed by atoms with van der Waals surface area (Å²) in [6.07, 6.45) is 4.66. The smallest absolute Gasteiger partial charge is 0.150 e. The van der Waals surface area contributed by atoms with Crippen LogP contribution in [0, 0.1) is 0 Å². The lowest BCUT2D eigenvalue weighted by Crippen LogP contribution is -2.41. The van der Waals surface area contributed by atoms with Gasteiger partial charge in [-0.25, -0.2) is 0 Å². The van der Waals surface area contributed by atoms with Crippen LogP contribution in [0.15, 0.2) is 24.3 Å². The summed E-state index contributed by atoms with van der Waals surface area (Å²) in [5.41, 5.74) is 0.693. The molecule has 0 spiro atoms. The van der Waals surface area contributed by atoms with Crippen molar-refractivity contribution in [3.8, 4) is 5.75 Å². The Morgan fingerprint density at radius 3 is 2.83 bits per heavy atom. The second-order valence-corrected chi connectivity index (χ2v) is 4.87. The van der Waals surface area contributed by atoms with E-state index in [9.17, 15) is 4.79 Å². The molecule has 0 N–H and O–H groups in total. The summed E-state index contributed by atoms with van der Waals surface area (Å²) in [4.78, 5) is 13.0. The third-order valence-electron chi connectivity index (χ3n) is 3.32. The zero-order valence-corrected chi connectivity index (χ0v) is 11.0. The number of nitrogens with zero attached hydrogens (tertiary/aromatic N) is 1. The molecule has 1 aliphatic rings. The number of piperidine rings is 1. The van der Waals surface area contributed by atoms with E-state index in [4.69, 9.17) is 4.74 Å². The van der Waals surface area contributed by atoms with Gasteiger partial charge in [0.25, 0.3) is 0 Å². The van der Waals surface area contributed by atoms with Gasteiger partial charge in [-0.3, -0.25) is 9.69 Å². The molecule has 0 bridgehead atoms. The molecule has 0 aromatic heterocycles. The first-order chi connectivity index (χ1) is 8.81. The molecule has 0 amide bonds. The Hall–Kier alpha value is -1.35. The van der Waals surface area contributed by atoms with E-state index in [-0.39, 0.29) is 6.10 Å². The fourth-order valence-electron chi connectivity index (χ4n) is 2.45. The Morgan fingerprint density at radius 2 is 2.17 bits per heavy atom. The number of likely N-dealkylation sites (tertiary alicyclic amines) is 1. The number of rotatable bonds is 5. The van der Waals surface area contributed by atoms with Gasteiger partial charge in [0.2, 0.25) is 0 Å². The first kappa shape index (κ1) is 13.1. The van der Waals surface area contributed by atoms with Crippen molar-refractivity contribution in [2.24, 2.45) is 0 Å². The van der Waals surface area contributed by atoms with Gasteiger partial charge in [-0.2, -0.15) is 0 Å². The molecule has 1 unspecified atom stereocenters. The zero-order valence-electron chi connectivity index (χ0n) is 11.0. The third-order valence-corrected chi connectivity index (χ3v) is 3.32. The second kappa shape index (κ2) is 6.55. The van der Waals surface area contributed by atoms with Crippen LogP contribution in [0.5, 0.6) is 5.75 Å². The average Bonchev–Trinajstić information content (AvgIpc) is 2.40. The number of hydrogen-bond donors (Lipinski definition) is 0. The summed E-state index contributed by atoms with van der Waals surface area (Å²) in [5.74, 6) is 0.865. The van der Waals surface area contributed by atoms with Crippen LogP contribution in [0.2, 0.25) is 0 Å². The first-order valence-electron chi connectivity index (χ1n) is 6.76. The molecule has 3 heteroatoms. The molecule has 1 fully saturated rings. The molecule has 1 aliphatic heterocycles. The Bertz CT molecular complexity index is 373. The second-order valence-electron chi connectivity index (χ2n) is 4.87. The van der Waals surface area contributed by atoms with Crippen molar-refractivity contribution < 1.29 is 9.53 Å². The van der Waals surface area contributed by atoms with Crippen LogP contribution in [0.1, 0.15) is 36.5 Å². The van der Waals surface area contributed by atoms with Gasteiger partial charge in [-0.1, -0.05) is 6.92 Å². The van der Waals surface area contributed by atoms with Crippen molar-refractivity contribution in [1.82, 2.24) is 4.90 Å². The summed E-state index contributed by atoms with van der Waals surface area (Å²) >= 11 is 0. The minimum absolute atomic E-state index is 0.285. The van der Waals surface area contributed by atoms with Crippen LogP contribution in [-0.4, -0.2) is 36.9 Å². The van der Waals surface area contributed by atoms with Gasteiger partial charge >= 0.3 is 0 Å². The molecular weight excluding hydrogens is 226 g/mol. The van der Waals surface area contributed by atoms with E-state index in [1.807, 2.05) is 12.1 Å². The lowest BCUT2D eigenvalue weighted by atomic mass is 10.1. The van der Waals surface area contributed by atoms with Crippen molar-refractivity contribution >= 4 is 6.29 Å². The fourth-order valence-corrected chi connectivity index (χ4v) is 2.45. The highest BCUT2D eigenvalue weighted by atomic mass is 16.5. The van der Waals surface area contributed by atoms with E-state index >= 15 is 0 Å². The first-order valence-corrected chi connectivity index (χ1v) is 6.76. The molecule has 0 saturated carbocycles. The van der Waals surface area contributed by atoms with Crippen LogP contribution in [-0.2, 0) is 0 Å². The normalized spacial score (nSPS) is 20.6. The monoisotopic (exact) mass is 247 g/mol. The quantitative estimate of drug-likeness (QED) is 0.749. The maximum absolute atomic E-state index is 10.6. The van der Waals surface area contributed by atoms with Crippen LogP contribution < -0.4 is 4.74 Å². The van der Waals surface area contributed by atoms with Gasteiger partial charge in [0.05, 0.1) is 0 Å². The Balaban J connectivity index is 1.89. The molecular formula is C15H21NO2. The number of aldehydes is 1. The maximum atomic E-state index is 10.6. The largest absolute Gasteiger partial charge is 0.489 e. The lowest BCUT2D eigenvalue weighted by Gasteiger charge is -2.32. The molecule has 2 rings (SSSR count).